The molecule has 1 saturated carbocycles. The van der Waals surface area contributed by atoms with Crippen LogP contribution < -0.4 is 0 Å². The molecule has 110 valence electrons. The number of carbonyl (C=O) groups is 1. The predicted molar refractivity (Wildman–Crippen MR) is 72.6 cm³/mol. The molecule has 0 aromatic heterocycles. The number of hydrogen-bond donors (Lipinski definition) is 0. The van der Waals surface area contributed by atoms with Crippen molar-refractivity contribution in [2.75, 3.05) is 7.11 Å². The molecule has 1 aromatic rings. The van der Waals surface area contributed by atoms with Crippen LogP contribution in [0.4, 0.5) is 0 Å². The van der Waals surface area contributed by atoms with E-state index in [1.54, 1.807) is 12.1 Å². The molecule has 0 saturated heterocycles. The van der Waals surface area contributed by atoms with Gasteiger partial charge < -0.3 is 4.74 Å². The molecule has 2 atom stereocenters. The lowest BCUT2D eigenvalue weighted by Gasteiger charge is -2.12. The number of carbonyl (C=O) groups excluding carboxylic acids is 1. The maximum Gasteiger partial charge on any atom is 0.308 e. The molecule has 0 unspecified atom stereocenters. The monoisotopic (exact) mass is 298 g/mol. The molecule has 1 aliphatic rings. The van der Waals surface area contributed by atoms with Crippen LogP contribution in [0.1, 0.15) is 24.8 Å². The minimum absolute atomic E-state index is 0.143. The number of methoxy groups -OCH3 is 1. The zero-order valence-electron chi connectivity index (χ0n) is 11.5. The lowest BCUT2D eigenvalue weighted by Crippen LogP contribution is -2.18. The molecule has 0 bridgehead atoms. The minimum Gasteiger partial charge on any atom is -0.469 e. The van der Waals surface area contributed by atoms with E-state index in [0.717, 1.165) is 5.56 Å². The highest BCUT2D eigenvalue weighted by Gasteiger charge is 2.34. The van der Waals surface area contributed by atoms with Crippen molar-refractivity contribution in [3.8, 4) is 0 Å². The normalized spacial score (nSPS) is 22.7. The molecule has 0 aliphatic heterocycles. The zero-order chi connectivity index (χ0) is 14.8. The third kappa shape index (κ3) is 3.37. The van der Waals surface area contributed by atoms with Crippen molar-refractivity contribution in [3.05, 3.63) is 29.8 Å². The van der Waals surface area contributed by atoms with Crippen molar-refractivity contribution in [1.29, 1.82) is 0 Å². The Morgan fingerprint density at radius 2 is 1.85 bits per heavy atom. The first-order chi connectivity index (χ1) is 9.42. The summed E-state index contributed by atoms with van der Waals surface area (Å²) in [6.07, 6.45) is 1.08. The number of rotatable bonds is 4. The Balaban J connectivity index is 2.03. The average molecular weight is 298 g/mol. The molecular weight excluding hydrogens is 280 g/mol. The van der Waals surface area contributed by atoms with Gasteiger partial charge in [0.1, 0.15) is 0 Å². The highest BCUT2D eigenvalue weighted by molar-refractivity contribution is 7.86. The van der Waals surface area contributed by atoms with E-state index in [0.29, 0.717) is 19.3 Å². The highest BCUT2D eigenvalue weighted by atomic mass is 32.2. The number of aryl methyl sites for hydroxylation is 1. The lowest BCUT2D eigenvalue weighted by molar-refractivity contribution is -0.145. The van der Waals surface area contributed by atoms with Crippen molar-refractivity contribution in [2.24, 2.45) is 5.92 Å². The largest absolute Gasteiger partial charge is 0.469 e. The van der Waals surface area contributed by atoms with Crippen LogP contribution in [0.3, 0.4) is 0 Å². The number of hydrogen-bond acceptors (Lipinski definition) is 5. The van der Waals surface area contributed by atoms with Crippen molar-refractivity contribution in [3.63, 3.8) is 0 Å². The van der Waals surface area contributed by atoms with Crippen LogP contribution >= 0.6 is 0 Å². The van der Waals surface area contributed by atoms with Gasteiger partial charge in [-0.1, -0.05) is 17.7 Å². The van der Waals surface area contributed by atoms with Crippen molar-refractivity contribution in [2.45, 2.75) is 37.2 Å². The number of esters is 1. The van der Waals surface area contributed by atoms with Gasteiger partial charge in [0.25, 0.3) is 10.1 Å². The van der Waals surface area contributed by atoms with Crippen molar-refractivity contribution >= 4 is 16.1 Å². The van der Waals surface area contributed by atoms with Crippen molar-refractivity contribution in [1.82, 2.24) is 0 Å². The van der Waals surface area contributed by atoms with Crippen LogP contribution in [0.2, 0.25) is 0 Å². The van der Waals surface area contributed by atoms with E-state index in [2.05, 4.69) is 4.74 Å². The second kappa shape index (κ2) is 5.93. The Morgan fingerprint density at radius 3 is 2.45 bits per heavy atom. The summed E-state index contributed by atoms with van der Waals surface area (Å²) < 4.78 is 34.1. The van der Waals surface area contributed by atoms with Gasteiger partial charge >= 0.3 is 5.97 Å². The van der Waals surface area contributed by atoms with E-state index in [9.17, 15) is 13.2 Å². The van der Waals surface area contributed by atoms with Crippen LogP contribution in [-0.2, 0) is 23.8 Å². The third-order valence-electron chi connectivity index (χ3n) is 3.49. The Labute approximate surface area is 119 Å². The first-order valence-corrected chi connectivity index (χ1v) is 7.91. The molecule has 1 aliphatic carbocycles. The van der Waals surface area contributed by atoms with E-state index in [-0.39, 0.29) is 16.8 Å². The Kier molecular flexibility index (Phi) is 4.45. The second-order valence-corrected chi connectivity index (χ2v) is 6.59. The Hall–Kier alpha value is -1.40. The van der Waals surface area contributed by atoms with Gasteiger partial charge in [-0.05, 0) is 38.3 Å². The van der Waals surface area contributed by atoms with E-state index in [1.165, 1.54) is 19.2 Å². The fraction of sp³-hybridized carbons (Fsp3) is 0.500. The summed E-state index contributed by atoms with van der Waals surface area (Å²) in [6.45, 7) is 1.88. The summed E-state index contributed by atoms with van der Waals surface area (Å²) >= 11 is 0. The van der Waals surface area contributed by atoms with Crippen LogP contribution in [0.25, 0.3) is 0 Å². The number of ether oxygens (including phenoxy) is 1. The van der Waals surface area contributed by atoms with Gasteiger partial charge in [-0.3, -0.25) is 8.98 Å². The van der Waals surface area contributed by atoms with E-state index >= 15 is 0 Å². The molecule has 1 aromatic carbocycles. The molecule has 20 heavy (non-hydrogen) atoms. The van der Waals surface area contributed by atoms with Gasteiger partial charge in [0, 0.05) is 0 Å². The van der Waals surface area contributed by atoms with Gasteiger partial charge in [0.05, 0.1) is 24.0 Å². The second-order valence-electron chi connectivity index (χ2n) is 5.02. The predicted octanol–water partition coefficient (Wildman–Crippen LogP) is 2.04. The molecule has 0 radical (unpaired) electrons. The van der Waals surface area contributed by atoms with E-state index in [4.69, 9.17) is 4.18 Å². The molecule has 0 heterocycles. The van der Waals surface area contributed by atoms with E-state index in [1.807, 2.05) is 6.92 Å². The standard InChI is InChI=1S/C14H18O5S/c1-10-3-7-13(8-4-10)20(16,17)19-12-6-5-11(9-12)14(15)18-2/h3-4,7-8,11-12H,5-6,9H2,1-2H3/t11-,12+/m0/s1. The zero-order valence-corrected chi connectivity index (χ0v) is 12.4. The molecule has 5 nitrogen and oxygen atoms in total. The Bertz CT molecular complexity index is 576. The molecule has 0 amide bonds. The maximum absolute atomic E-state index is 12.1. The van der Waals surface area contributed by atoms with Crippen LogP contribution in [0.15, 0.2) is 29.2 Å². The molecule has 2 rings (SSSR count). The number of benzene rings is 1. The molecule has 0 N–H and O–H groups in total. The lowest BCUT2D eigenvalue weighted by atomic mass is 10.1. The quantitative estimate of drug-likeness (QED) is 0.628. The summed E-state index contributed by atoms with van der Waals surface area (Å²) in [5, 5.41) is 0. The summed E-state index contributed by atoms with van der Waals surface area (Å²) in [7, 11) is -2.44. The topological polar surface area (TPSA) is 69.7 Å². The fourth-order valence-electron chi connectivity index (χ4n) is 2.35. The van der Waals surface area contributed by atoms with Gasteiger partial charge in [0.15, 0.2) is 0 Å². The average Bonchev–Trinajstić information content (AvgIpc) is 2.86. The Morgan fingerprint density at radius 1 is 1.20 bits per heavy atom. The molecule has 0 spiro atoms. The highest BCUT2D eigenvalue weighted by Crippen LogP contribution is 2.31. The fourth-order valence-corrected chi connectivity index (χ4v) is 3.46. The first kappa shape index (κ1) is 15.0. The molecule has 6 heteroatoms. The third-order valence-corrected chi connectivity index (χ3v) is 4.87. The van der Waals surface area contributed by atoms with Gasteiger partial charge in [0.2, 0.25) is 0 Å². The van der Waals surface area contributed by atoms with Crippen LogP contribution in [0, 0.1) is 12.8 Å². The van der Waals surface area contributed by atoms with E-state index < -0.39 is 16.2 Å². The summed E-state index contributed by atoms with van der Waals surface area (Å²) in [5.41, 5.74) is 0.982. The first-order valence-electron chi connectivity index (χ1n) is 6.50. The van der Waals surface area contributed by atoms with Gasteiger partial charge in [-0.25, -0.2) is 0 Å². The SMILES string of the molecule is COC(=O)[C@H]1CC[C@@H](OS(=O)(=O)c2ccc(C)cc2)C1. The molecule has 1 fully saturated rings. The van der Waals surface area contributed by atoms with Crippen LogP contribution in [-0.4, -0.2) is 27.6 Å². The maximum atomic E-state index is 12.1. The van der Waals surface area contributed by atoms with Crippen molar-refractivity contribution < 1.29 is 22.1 Å². The summed E-state index contributed by atoms with van der Waals surface area (Å²) in [5.74, 6) is -0.568. The van der Waals surface area contributed by atoms with Crippen LogP contribution in [0.5, 0.6) is 0 Å². The summed E-state index contributed by atoms with van der Waals surface area (Å²) in [4.78, 5) is 11.5. The summed E-state index contributed by atoms with van der Waals surface area (Å²) in [6, 6.07) is 6.50. The van der Waals surface area contributed by atoms with Gasteiger partial charge in [-0.15, -0.1) is 0 Å². The van der Waals surface area contributed by atoms with Gasteiger partial charge in [-0.2, -0.15) is 8.42 Å². The minimum atomic E-state index is -3.77. The molecular formula is C14H18O5S. The smallest absolute Gasteiger partial charge is 0.308 e.